The lowest BCUT2D eigenvalue weighted by Crippen LogP contribution is -2.30. The van der Waals surface area contributed by atoms with Crippen LogP contribution in [0.4, 0.5) is 5.69 Å². The SMILES string of the molecule is CCS(=O)(=O)N1CCc2cc(C(=O)NCc3ccccc3Cl)ccc21. The van der Waals surface area contributed by atoms with Gasteiger partial charge in [-0.1, -0.05) is 29.8 Å². The van der Waals surface area contributed by atoms with Crippen molar-refractivity contribution in [3.8, 4) is 0 Å². The van der Waals surface area contributed by atoms with Gasteiger partial charge in [0, 0.05) is 23.7 Å². The van der Waals surface area contributed by atoms with Crippen LogP contribution >= 0.6 is 11.6 Å². The molecule has 0 fully saturated rings. The summed E-state index contributed by atoms with van der Waals surface area (Å²) in [5.74, 6) is -0.147. The predicted octanol–water partition coefficient (Wildman–Crippen LogP) is 2.98. The molecule has 1 heterocycles. The van der Waals surface area contributed by atoms with Gasteiger partial charge in [0.1, 0.15) is 0 Å². The van der Waals surface area contributed by atoms with Gasteiger partial charge in [0.2, 0.25) is 10.0 Å². The van der Waals surface area contributed by atoms with E-state index >= 15 is 0 Å². The number of rotatable bonds is 5. The molecule has 7 heteroatoms. The maximum Gasteiger partial charge on any atom is 0.251 e. The second-order valence-electron chi connectivity index (χ2n) is 5.84. The monoisotopic (exact) mass is 378 g/mol. The minimum Gasteiger partial charge on any atom is -0.348 e. The Morgan fingerprint density at radius 1 is 1.24 bits per heavy atom. The Morgan fingerprint density at radius 2 is 2.00 bits per heavy atom. The van der Waals surface area contributed by atoms with Crippen LogP contribution in [0.2, 0.25) is 5.02 Å². The third kappa shape index (κ3) is 3.65. The number of anilines is 1. The fourth-order valence-corrected chi connectivity index (χ4v) is 4.24. The molecule has 132 valence electrons. The Morgan fingerprint density at radius 3 is 2.72 bits per heavy atom. The number of carbonyl (C=O) groups is 1. The van der Waals surface area contributed by atoms with Crippen molar-refractivity contribution in [2.75, 3.05) is 16.6 Å². The van der Waals surface area contributed by atoms with Crippen molar-refractivity contribution in [1.29, 1.82) is 0 Å². The van der Waals surface area contributed by atoms with Crippen molar-refractivity contribution in [2.45, 2.75) is 19.9 Å². The molecule has 0 spiro atoms. The normalized spacial score (nSPS) is 13.6. The highest BCUT2D eigenvalue weighted by Crippen LogP contribution is 2.31. The van der Waals surface area contributed by atoms with Gasteiger partial charge in [-0.05, 0) is 48.7 Å². The maximum absolute atomic E-state index is 12.4. The number of nitrogens with one attached hydrogen (secondary N) is 1. The van der Waals surface area contributed by atoms with Crippen LogP contribution in [0.1, 0.15) is 28.4 Å². The number of halogens is 1. The Labute approximate surface area is 152 Å². The molecule has 1 amide bonds. The molecule has 0 atom stereocenters. The van der Waals surface area contributed by atoms with Crippen LogP contribution in [-0.2, 0) is 23.0 Å². The molecule has 1 aliphatic heterocycles. The number of benzene rings is 2. The fraction of sp³-hybridized carbons (Fsp3) is 0.278. The van der Waals surface area contributed by atoms with E-state index in [-0.39, 0.29) is 11.7 Å². The molecule has 1 aliphatic rings. The van der Waals surface area contributed by atoms with Gasteiger partial charge in [0.05, 0.1) is 11.4 Å². The third-order valence-electron chi connectivity index (χ3n) is 4.29. The molecule has 0 unspecified atom stereocenters. The summed E-state index contributed by atoms with van der Waals surface area (Å²) >= 11 is 6.09. The number of fused-ring (bicyclic) bond motifs is 1. The predicted molar refractivity (Wildman–Crippen MR) is 99.6 cm³/mol. The summed E-state index contributed by atoms with van der Waals surface area (Å²) in [5.41, 5.74) is 2.91. The minimum atomic E-state index is -3.28. The largest absolute Gasteiger partial charge is 0.348 e. The number of hydrogen-bond acceptors (Lipinski definition) is 3. The first-order valence-corrected chi connectivity index (χ1v) is 10.1. The lowest BCUT2D eigenvalue weighted by Gasteiger charge is -2.18. The first kappa shape index (κ1) is 17.8. The zero-order chi connectivity index (χ0) is 18.0. The van der Waals surface area contributed by atoms with Crippen molar-refractivity contribution in [3.63, 3.8) is 0 Å². The van der Waals surface area contributed by atoms with Gasteiger partial charge in [0.15, 0.2) is 0 Å². The highest BCUT2D eigenvalue weighted by Gasteiger charge is 2.28. The van der Waals surface area contributed by atoms with Gasteiger partial charge in [0.25, 0.3) is 5.91 Å². The van der Waals surface area contributed by atoms with Crippen LogP contribution in [-0.4, -0.2) is 26.6 Å². The first-order valence-electron chi connectivity index (χ1n) is 8.07. The summed E-state index contributed by atoms with van der Waals surface area (Å²) in [7, 11) is -3.28. The van der Waals surface area contributed by atoms with Gasteiger partial charge < -0.3 is 5.32 Å². The summed E-state index contributed by atoms with van der Waals surface area (Å²) in [6, 6.07) is 12.5. The van der Waals surface area contributed by atoms with Crippen molar-refractivity contribution in [2.24, 2.45) is 0 Å². The molecule has 3 rings (SSSR count). The number of nitrogens with zero attached hydrogens (tertiary/aromatic N) is 1. The Bertz CT molecular complexity index is 912. The molecule has 25 heavy (non-hydrogen) atoms. The van der Waals surface area contributed by atoms with E-state index in [9.17, 15) is 13.2 Å². The summed E-state index contributed by atoms with van der Waals surface area (Å²) in [6.45, 7) is 2.39. The fourth-order valence-electron chi connectivity index (χ4n) is 2.88. The maximum atomic E-state index is 12.4. The molecule has 2 aromatic rings. The molecule has 0 saturated carbocycles. The smallest absolute Gasteiger partial charge is 0.251 e. The van der Waals surface area contributed by atoms with Crippen LogP contribution in [0.5, 0.6) is 0 Å². The Balaban J connectivity index is 1.75. The Hall–Kier alpha value is -2.05. The molecule has 5 nitrogen and oxygen atoms in total. The highest BCUT2D eigenvalue weighted by atomic mass is 35.5. The second kappa shape index (κ2) is 7.06. The standard InChI is InChI=1S/C18H19ClN2O3S/c1-2-25(23,24)21-10-9-13-11-14(7-8-17(13)21)18(22)20-12-15-5-3-4-6-16(15)19/h3-8,11H,2,9-10,12H2,1H3,(H,20,22). The molecular formula is C18H19ClN2O3S. The quantitative estimate of drug-likeness (QED) is 0.869. The van der Waals surface area contributed by atoms with E-state index in [1.165, 1.54) is 4.31 Å². The molecule has 0 aliphatic carbocycles. The minimum absolute atomic E-state index is 0.0620. The van der Waals surface area contributed by atoms with Gasteiger partial charge in [-0.2, -0.15) is 0 Å². The lowest BCUT2D eigenvalue weighted by atomic mass is 10.1. The number of amides is 1. The van der Waals surface area contributed by atoms with Gasteiger partial charge in [-0.15, -0.1) is 0 Å². The molecule has 0 saturated heterocycles. The van der Waals surface area contributed by atoms with Crippen molar-refractivity contribution in [1.82, 2.24) is 5.32 Å². The molecule has 1 N–H and O–H groups in total. The highest BCUT2D eigenvalue weighted by molar-refractivity contribution is 7.92. The zero-order valence-electron chi connectivity index (χ0n) is 13.8. The molecule has 0 radical (unpaired) electrons. The number of sulfonamides is 1. The van der Waals surface area contributed by atoms with Crippen LogP contribution in [0.25, 0.3) is 0 Å². The van der Waals surface area contributed by atoms with Gasteiger partial charge in [-0.3, -0.25) is 9.10 Å². The zero-order valence-corrected chi connectivity index (χ0v) is 15.4. The van der Waals surface area contributed by atoms with Crippen LogP contribution in [0.15, 0.2) is 42.5 Å². The van der Waals surface area contributed by atoms with Crippen LogP contribution in [0.3, 0.4) is 0 Å². The summed E-state index contributed by atoms with van der Waals surface area (Å²) in [5, 5.41) is 3.45. The van der Waals surface area contributed by atoms with E-state index in [1.807, 2.05) is 18.2 Å². The van der Waals surface area contributed by atoms with E-state index in [0.29, 0.717) is 35.8 Å². The van der Waals surface area contributed by atoms with Crippen LogP contribution < -0.4 is 9.62 Å². The summed E-state index contributed by atoms with van der Waals surface area (Å²) in [6.07, 6.45) is 0.611. The van der Waals surface area contributed by atoms with Crippen molar-refractivity contribution >= 4 is 33.2 Å². The van der Waals surface area contributed by atoms with Crippen molar-refractivity contribution < 1.29 is 13.2 Å². The van der Waals surface area contributed by atoms with Crippen LogP contribution in [0, 0.1) is 0 Å². The summed E-state index contributed by atoms with van der Waals surface area (Å²) in [4.78, 5) is 12.4. The molecular weight excluding hydrogens is 360 g/mol. The van der Waals surface area contributed by atoms with E-state index in [2.05, 4.69) is 5.32 Å². The molecule has 2 aromatic carbocycles. The number of carbonyl (C=O) groups excluding carboxylic acids is 1. The number of hydrogen-bond donors (Lipinski definition) is 1. The average molecular weight is 379 g/mol. The first-order chi connectivity index (χ1) is 11.9. The second-order valence-corrected chi connectivity index (χ2v) is 8.43. The lowest BCUT2D eigenvalue weighted by molar-refractivity contribution is 0.0951. The summed E-state index contributed by atoms with van der Waals surface area (Å²) < 4.78 is 25.6. The van der Waals surface area contributed by atoms with Gasteiger partial charge in [-0.25, -0.2) is 8.42 Å². The Kier molecular flexibility index (Phi) is 5.01. The van der Waals surface area contributed by atoms with Crippen molar-refractivity contribution in [3.05, 3.63) is 64.2 Å². The average Bonchev–Trinajstić information content (AvgIpc) is 3.04. The molecule has 0 aromatic heterocycles. The molecule has 0 bridgehead atoms. The van der Waals surface area contributed by atoms with E-state index in [4.69, 9.17) is 11.6 Å². The topological polar surface area (TPSA) is 66.5 Å². The van der Waals surface area contributed by atoms with E-state index in [0.717, 1.165) is 11.1 Å². The third-order valence-corrected chi connectivity index (χ3v) is 6.44. The van der Waals surface area contributed by atoms with E-state index in [1.54, 1.807) is 31.2 Å². The van der Waals surface area contributed by atoms with Gasteiger partial charge >= 0.3 is 0 Å². The van der Waals surface area contributed by atoms with E-state index < -0.39 is 10.0 Å².